The Morgan fingerprint density at radius 3 is 2.83 bits per heavy atom. The lowest BCUT2D eigenvalue weighted by Gasteiger charge is -2.21. The molecule has 1 fully saturated rings. The molecule has 0 aromatic heterocycles. The molecule has 1 aromatic rings. The molecule has 3 nitrogen and oxygen atoms in total. The molecule has 98 valence electrons. The van der Waals surface area contributed by atoms with Gasteiger partial charge in [-0.1, -0.05) is 0 Å². The molecule has 1 saturated heterocycles. The van der Waals surface area contributed by atoms with Gasteiger partial charge in [-0.15, -0.1) is 0 Å². The Kier molecular flexibility index (Phi) is 4.47. The first-order valence-electron chi connectivity index (χ1n) is 6.08. The van der Waals surface area contributed by atoms with Gasteiger partial charge in [-0.2, -0.15) is 11.8 Å². The number of hydrogen-bond acceptors (Lipinski definition) is 3. The Labute approximate surface area is 110 Å². The number of carbonyl (C=O) groups excluding carboxylic acids is 1. The highest BCUT2D eigenvalue weighted by Gasteiger charge is 2.16. The summed E-state index contributed by atoms with van der Waals surface area (Å²) >= 11 is 1.96. The van der Waals surface area contributed by atoms with Crippen LogP contribution in [0.1, 0.15) is 23.2 Å². The van der Waals surface area contributed by atoms with Crippen LogP contribution in [0.2, 0.25) is 0 Å². The molecule has 0 radical (unpaired) electrons. The van der Waals surface area contributed by atoms with E-state index >= 15 is 0 Å². The highest BCUT2D eigenvalue weighted by atomic mass is 32.2. The number of amides is 1. The van der Waals surface area contributed by atoms with Crippen molar-refractivity contribution in [1.29, 1.82) is 0 Å². The molecular formula is C13H17FN2OS. The smallest absolute Gasteiger partial charge is 0.253 e. The van der Waals surface area contributed by atoms with Crippen molar-refractivity contribution < 1.29 is 9.18 Å². The second kappa shape index (κ2) is 6.09. The zero-order valence-electron chi connectivity index (χ0n) is 10.1. The van der Waals surface area contributed by atoms with Gasteiger partial charge in [0, 0.05) is 12.2 Å². The minimum Gasteiger partial charge on any atom is -0.398 e. The highest BCUT2D eigenvalue weighted by molar-refractivity contribution is 7.99. The number of rotatable bonds is 3. The van der Waals surface area contributed by atoms with E-state index in [1.54, 1.807) is 0 Å². The van der Waals surface area contributed by atoms with Crippen LogP contribution in [-0.2, 0) is 0 Å². The fourth-order valence-corrected chi connectivity index (χ4v) is 3.23. The van der Waals surface area contributed by atoms with Crippen molar-refractivity contribution in [3.8, 4) is 0 Å². The lowest BCUT2D eigenvalue weighted by Crippen LogP contribution is -2.31. The van der Waals surface area contributed by atoms with Gasteiger partial charge < -0.3 is 11.1 Å². The summed E-state index contributed by atoms with van der Waals surface area (Å²) in [5.74, 6) is 2.24. The number of nitrogen functional groups attached to an aromatic ring is 1. The molecule has 0 saturated carbocycles. The van der Waals surface area contributed by atoms with Crippen molar-refractivity contribution in [3.63, 3.8) is 0 Å². The number of nitrogens with one attached hydrogen (secondary N) is 1. The maximum Gasteiger partial charge on any atom is 0.253 e. The largest absolute Gasteiger partial charge is 0.398 e. The molecule has 3 N–H and O–H groups in total. The van der Waals surface area contributed by atoms with Crippen LogP contribution in [0.5, 0.6) is 0 Å². The Morgan fingerprint density at radius 1 is 1.44 bits per heavy atom. The van der Waals surface area contributed by atoms with Crippen LogP contribution in [0.3, 0.4) is 0 Å². The summed E-state index contributed by atoms with van der Waals surface area (Å²) in [6.07, 6.45) is 2.29. The Bertz CT molecular complexity index is 433. The molecular weight excluding hydrogens is 251 g/mol. The molecule has 1 aliphatic rings. The van der Waals surface area contributed by atoms with E-state index < -0.39 is 5.82 Å². The van der Waals surface area contributed by atoms with E-state index in [0.717, 1.165) is 12.8 Å². The first-order valence-corrected chi connectivity index (χ1v) is 7.23. The summed E-state index contributed by atoms with van der Waals surface area (Å²) in [6, 6.07) is 3.85. The summed E-state index contributed by atoms with van der Waals surface area (Å²) in [5.41, 5.74) is 6.16. The van der Waals surface area contributed by atoms with Crippen LogP contribution in [0.15, 0.2) is 18.2 Å². The third-order valence-electron chi connectivity index (χ3n) is 3.15. The van der Waals surface area contributed by atoms with Crippen molar-refractivity contribution in [1.82, 2.24) is 5.32 Å². The van der Waals surface area contributed by atoms with Gasteiger partial charge in [-0.3, -0.25) is 4.79 Å². The third kappa shape index (κ3) is 3.38. The van der Waals surface area contributed by atoms with Gasteiger partial charge in [0.05, 0.1) is 5.56 Å². The molecule has 0 spiro atoms. The molecule has 5 heteroatoms. The molecule has 0 unspecified atom stereocenters. The second-order valence-corrected chi connectivity index (χ2v) is 5.72. The quantitative estimate of drug-likeness (QED) is 0.827. The first-order chi connectivity index (χ1) is 8.66. The number of carbonyl (C=O) groups is 1. The average molecular weight is 268 g/mol. The summed E-state index contributed by atoms with van der Waals surface area (Å²) in [6.45, 7) is 0.677. The van der Waals surface area contributed by atoms with E-state index in [1.165, 1.54) is 29.7 Å². The van der Waals surface area contributed by atoms with Crippen molar-refractivity contribution in [2.24, 2.45) is 5.92 Å². The first kappa shape index (κ1) is 13.2. The van der Waals surface area contributed by atoms with Crippen LogP contribution >= 0.6 is 11.8 Å². The number of hydrogen-bond donors (Lipinski definition) is 2. The molecule has 0 bridgehead atoms. The zero-order chi connectivity index (χ0) is 13.0. The van der Waals surface area contributed by atoms with Crippen LogP contribution < -0.4 is 11.1 Å². The van der Waals surface area contributed by atoms with E-state index in [1.807, 2.05) is 11.8 Å². The van der Waals surface area contributed by atoms with Gasteiger partial charge in [0.15, 0.2) is 0 Å². The summed E-state index contributed by atoms with van der Waals surface area (Å²) in [7, 11) is 0. The predicted molar refractivity (Wildman–Crippen MR) is 73.2 cm³/mol. The fraction of sp³-hybridized carbons (Fsp3) is 0.462. The Balaban J connectivity index is 1.90. The lowest BCUT2D eigenvalue weighted by atomic mass is 10.0. The number of benzene rings is 1. The van der Waals surface area contributed by atoms with Crippen molar-refractivity contribution in [3.05, 3.63) is 29.6 Å². The second-order valence-electron chi connectivity index (χ2n) is 4.50. The molecule has 0 aliphatic carbocycles. The number of halogens is 1. The Morgan fingerprint density at radius 2 is 2.17 bits per heavy atom. The van der Waals surface area contributed by atoms with E-state index in [9.17, 15) is 9.18 Å². The van der Waals surface area contributed by atoms with E-state index in [-0.39, 0.29) is 11.6 Å². The standard InChI is InChI=1S/C13H17FN2OS/c14-10-1-2-11(12(15)7-10)13(17)16-8-9-3-5-18-6-4-9/h1-2,7,9H,3-6,8,15H2,(H,16,17). The molecule has 0 atom stereocenters. The Hall–Kier alpha value is -1.23. The van der Waals surface area contributed by atoms with Crippen molar-refractivity contribution in [2.45, 2.75) is 12.8 Å². The van der Waals surface area contributed by atoms with Gasteiger partial charge in [0.25, 0.3) is 5.91 Å². The topological polar surface area (TPSA) is 55.1 Å². The monoisotopic (exact) mass is 268 g/mol. The summed E-state index contributed by atoms with van der Waals surface area (Å²) in [5, 5.41) is 2.88. The van der Waals surface area contributed by atoms with Gasteiger partial charge in [0.2, 0.25) is 0 Å². The van der Waals surface area contributed by atoms with Crippen molar-refractivity contribution in [2.75, 3.05) is 23.8 Å². The maximum atomic E-state index is 12.9. The van der Waals surface area contributed by atoms with E-state index in [0.29, 0.717) is 18.0 Å². The summed E-state index contributed by atoms with van der Waals surface area (Å²) in [4.78, 5) is 11.9. The highest BCUT2D eigenvalue weighted by Crippen LogP contribution is 2.22. The third-order valence-corrected chi connectivity index (χ3v) is 4.20. The van der Waals surface area contributed by atoms with E-state index in [2.05, 4.69) is 5.32 Å². The number of anilines is 1. The molecule has 2 rings (SSSR count). The molecule has 1 aromatic carbocycles. The van der Waals surface area contributed by atoms with Crippen LogP contribution in [0.25, 0.3) is 0 Å². The zero-order valence-corrected chi connectivity index (χ0v) is 10.9. The van der Waals surface area contributed by atoms with E-state index in [4.69, 9.17) is 5.73 Å². The molecule has 1 amide bonds. The molecule has 18 heavy (non-hydrogen) atoms. The number of thioether (sulfide) groups is 1. The minimum absolute atomic E-state index is 0.187. The molecule has 1 aliphatic heterocycles. The van der Waals surface area contributed by atoms with Crippen LogP contribution in [0, 0.1) is 11.7 Å². The average Bonchev–Trinajstić information content (AvgIpc) is 2.37. The van der Waals surface area contributed by atoms with Crippen LogP contribution in [-0.4, -0.2) is 24.0 Å². The fourth-order valence-electron chi connectivity index (χ4n) is 2.02. The lowest BCUT2D eigenvalue weighted by molar-refractivity contribution is 0.0947. The number of nitrogens with two attached hydrogens (primary N) is 1. The van der Waals surface area contributed by atoms with Gasteiger partial charge in [-0.05, 0) is 48.5 Å². The maximum absolute atomic E-state index is 12.9. The van der Waals surface area contributed by atoms with Gasteiger partial charge in [0.1, 0.15) is 5.82 Å². The van der Waals surface area contributed by atoms with Gasteiger partial charge >= 0.3 is 0 Å². The van der Waals surface area contributed by atoms with Crippen molar-refractivity contribution >= 4 is 23.4 Å². The van der Waals surface area contributed by atoms with Gasteiger partial charge in [-0.25, -0.2) is 4.39 Å². The predicted octanol–water partition coefficient (Wildman–Crippen LogP) is 2.28. The van der Waals surface area contributed by atoms with Crippen LogP contribution in [0.4, 0.5) is 10.1 Å². The summed E-state index contributed by atoms with van der Waals surface area (Å²) < 4.78 is 12.9. The molecule has 1 heterocycles. The SMILES string of the molecule is Nc1cc(F)ccc1C(=O)NCC1CCSCC1. The normalized spacial score (nSPS) is 16.5. The minimum atomic E-state index is -0.423.